The summed E-state index contributed by atoms with van der Waals surface area (Å²) in [5.74, 6) is -1.41. The highest BCUT2D eigenvalue weighted by molar-refractivity contribution is 5.73. The average Bonchev–Trinajstić information content (AvgIpc) is 3.22. The molecule has 5 saturated heterocycles. The smallest absolute Gasteiger partial charge is 0.217 e. The van der Waals surface area contributed by atoms with Crippen molar-refractivity contribution in [2.24, 2.45) is 0 Å². The second-order valence-corrected chi connectivity index (χ2v) is 15.4. The quantitative estimate of drug-likeness (QED) is 0.0726. The molecule has 5 rings (SSSR count). The van der Waals surface area contributed by atoms with E-state index in [0.717, 1.165) is 13.8 Å². The summed E-state index contributed by atoms with van der Waals surface area (Å²) in [5, 5.41) is 152. The number of aliphatic hydroxyl groups excluding tert-OH is 14. The van der Waals surface area contributed by atoms with Gasteiger partial charge >= 0.3 is 0 Å². The molecule has 0 aromatic heterocycles. The van der Waals surface area contributed by atoms with E-state index in [9.17, 15) is 81.1 Å². The fourth-order valence-corrected chi connectivity index (χ4v) is 7.66. The normalized spacial score (nSPS) is 48.3. The molecule has 24 atom stereocenters. The molecule has 27 nitrogen and oxygen atoms in total. The topological polar surface area (TPSA) is 424 Å². The van der Waals surface area contributed by atoms with E-state index < -0.39 is 192 Å². The first kappa shape index (κ1) is 50.0. The number of carbonyl (C=O) groups excluding carboxylic acids is 2. The maximum absolute atomic E-state index is 12.0. The van der Waals surface area contributed by atoms with Crippen LogP contribution in [0, 0.1) is 0 Å². The Morgan fingerprint density at radius 1 is 0.492 bits per heavy atom. The third kappa shape index (κ3) is 11.3. The summed E-state index contributed by atoms with van der Waals surface area (Å²) in [6.07, 6.45) is -38.0. The molecule has 0 spiro atoms. The highest BCUT2D eigenvalue weighted by Gasteiger charge is 2.55. The van der Waals surface area contributed by atoms with Crippen molar-refractivity contribution in [2.75, 3.05) is 33.0 Å². The Labute approximate surface area is 346 Å². The van der Waals surface area contributed by atoms with Gasteiger partial charge in [-0.25, -0.2) is 0 Å². The summed E-state index contributed by atoms with van der Waals surface area (Å²) >= 11 is 0. The number of nitrogens with one attached hydrogen (secondary N) is 2. The summed E-state index contributed by atoms with van der Waals surface area (Å²) in [6.45, 7) is -1.79. The zero-order valence-corrected chi connectivity index (χ0v) is 32.9. The zero-order chi connectivity index (χ0) is 45.0. The lowest BCUT2D eigenvalue weighted by Crippen LogP contribution is -2.68. The summed E-state index contributed by atoms with van der Waals surface area (Å²) in [7, 11) is 0. The van der Waals surface area contributed by atoms with Gasteiger partial charge in [-0.05, 0) is 0 Å². The minimum Gasteiger partial charge on any atom is -0.394 e. The molecule has 0 aromatic carbocycles. The van der Waals surface area contributed by atoms with Crippen molar-refractivity contribution in [2.45, 2.75) is 168 Å². The molecule has 27 heteroatoms. The van der Waals surface area contributed by atoms with Crippen LogP contribution in [0.4, 0.5) is 0 Å². The van der Waals surface area contributed by atoms with Gasteiger partial charge in [-0.15, -0.1) is 0 Å². The predicted octanol–water partition coefficient (Wildman–Crippen LogP) is -10.6. The number of amides is 2. The van der Waals surface area contributed by atoms with Gasteiger partial charge in [0.2, 0.25) is 11.8 Å². The van der Waals surface area contributed by atoms with Crippen molar-refractivity contribution in [3.05, 3.63) is 0 Å². The predicted molar refractivity (Wildman–Crippen MR) is 188 cm³/mol. The lowest BCUT2D eigenvalue weighted by Gasteiger charge is -2.48. The Hall–Kier alpha value is -1.98. The number of aliphatic hydroxyl groups is 14. The molecule has 5 heterocycles. The van der Waals surface area contributed by atoms with Gasteiger partial charge in [0.15, 0.2) is 31.5 Å². The highest BCUT2D eigenvalue weighted by atomic mass is 16.8. The van der Waals surface area contributed by atoms with Crippen LogP contribution in [-0.4, -0.2) is 264 Å². The van der Waals surface area contributed by atoms with E-state index in [1.54, 1.807) is 0 Å². The Morgan fingerprint density at radius 3 is 1.28 bits per heavy atom. The second kappa shape index (κ2) is 21.8. The van der Waals surface area contributed by atoms with Crippen LogP contribution in [0.15, 0.2) is 0 Å². The molecule has 5 aliphatic rings. The Balaban J connectivity index is 1.34. The van der Waals surface area contributed by atoms with E-state index >= 15 is 0 Å². The molecule has 16 N–H and O–H groups in total. The Kier molecular flexibility index (Phi) is 17.9. The lowest BCUT2D eigenvalue weighted by atomic mass is 9.95. The van der Waals surface area contributed by atoms with Crippen LogP contribution in [-0.2, 0) is 52.2 Å². The number of carbonyl (C=O) groups is 2. The second-order valence-electron chi connectivity index (χ2n) is 15.4. The highest BCUT2D eigenvalue weighted by Crippen LogP contribution is 2.34. The fraction of sp³-hybridized carbons (Fsp3) is 0.941. The first-order valence-electron chi connectivity index (χ1n) is 19.5. The van der Waals surface area contributed by atoms with Crippen LogP contribution < -0.4 is 10.6 Å². The van der Waals surface area contributed by atoms with Crippen molar-refractivity contribution in [3.63, 3.8) is 0 Å². The van der Waals surface area contributed by atoms with Gasteiger partial charge in [0, 0.05) is 20.3 Å². The molecule has 5 fully saturated rings. The van der Waals surface area contributed by atoms with Crippen LogP contribution in [0.25, 0.3) is 0 Å². The minimum atomic E-state index is -2.01. The molecule has 0 radical (unpaired) electrons. The van der Waals surface area contributed by atoms with Crippen molar-refractivity contribution < 1.29 is 124 Å². The van der Waals surface area contributed by atoms with Gasteiger partial charge in [0.25, 0.3) is 0 Å². The van der Waals surface area contributed by atoms with Gasteiger partial charge in [-0.3, -0.25) is 9.59 Å². The van der Waals surface area contributed by atoms with Gasteiger partial charge in [0.1, 0.15) is 104 Å². The molecule has 354 valence electrons. The van der Waals surface area contributed by atoms with Crippen molar-refractivity contribution in [3.8, 4) is 0 Å². The number of ether oxygens (including phenoxy) is 9. The van der Waals surface area contributed by atoms with Crippen molar-refractivity contribution >= 4 is 11.8 Å². The molecule has 61 heavy (non-hydrogen) atoms. The first-order chi connectivity index (χ1) is 28.8. The molecule has 5 aliphatic heterocycles. The molecular formula is C34H58N2O25. The molecule has 0 saturated carbocycles. The van der Waals surface area contributed by atoms with E-state index in [4.69, 9.17) is 42.6 Å². The summed E-state index contributed by atoms with van der Waals surface area (Å²) in [6, 6.07) is -3.03. The maximum atomic E-state index is 12.0. The lowest BCUT2D eigenvalue weighted by molar-refractivity contribution is -0.375. The Bertz CT molecular complexity index is 1410. The fourth-order valence-electron chi connectivity index (χ4n) is 7.66. The van der Waals surface area contributed by atoms with Gasteiger partial charge < -0.3 is 125 Å². The van der Waals surface area contributed by atoms with E-state index in [-0.39, 0.29) is 6.42 Å². The van der Waals surface area contributed by atoms with Crippen LogP contribution >= 0.6 is 0 Å². The van der Waals surface area contributed by atoms with Gasteiger partial charge in [-0.1, -0.05) is 0 Å². The number of rotatable bonds is 15. The number of hydrogen-bond acceptors (Lipinski definition) is 25. The molecule has 0 aromatic rings. The van der Waals surface area contributed by atoms with Gasteiger partial charge in [-0.2, -0.15) is 0 Å². The summed E-state index contributed by atoms with van der Waals surface area (Å²) in [4.78, 5) is 24.0. The number of hydrogen-bond donors (Lipinski definition) is 16. The maximum Gasteiger partial charge on any atom is 0.217 e. The SMILES string of the molecule is CC(=O)N[C@H]1[C@H](O[C@@H]2[C@@H](OC[C@@H]3C[C@H](O[C@H]4O[C@H](CO)[C@@H](O)[C@H](O)[C@@H]4O[C@@H]4O[C@H](CO)[C@@H](O)[C@H](O)[C@H]4NC(C)=O)[C@H](O)[C@H](O)O3)O[C@H](CO)[C@@H](O)[C@@H]2O)O[C@H](CO)[C@@H](O)[C@@H]1O. The van der Waals surface area contributed by atoms with E-state index in [1.165, 1.54) is 0 Å². The molecule has 0 bridgehead atoms. The average molecular weight is 895 g/mol. The zero-order valence-electron chi connectivity index (χ0n) is 32.9. The molecular weight excluding hydrogens is 836 g/mol. The van der Waals surface area contributed by atoms with Crippen LogP contribution in [0.2, 0.25) is 0 Å². The largest absolute Gasteiger partial charge is 0.394 e. The van der Waals surface area contributed by atoms with Crippen LogP contribution in [0.5, 0.6) is 0 Å². The van der Waals surface area contributed by atoms with Crippen LogP contribution in [0.1, 0.15) is 20.3 Å². The monoisotopic (exact) mass is 894 g/mol. The van der Waals surface area contributed by atoms with Crippen molar-refractivity contribution in [1.82, 2.24) is 10.6 Å². The minimum absolute atomic E-state index is 0.384. The third-order valence-corrected chi connectivity index (χ3v) is 11.0. The van der Waals surface area contributed by atoms with E-state index in [1.807, 2.05) is 0 Å². The Morgan fingerprint density at radius 2 is 0.869 bits per heavy atom. The summed E-state index contributed by atoms with van der Waals surface area (Å²) < 4.78 is 51.5. The van der Waals surface area contributed by atoms with Crippen molar-refractivity contribution in [1.29, 1.82) is 0 Å². The van der Waals surface area contributed by atoms with Gasteiger partial charge in [0.05, 0.1) is 45.2 Å². The standard InChI is InChI=1S/C34H58N2O25/c1-9(41)35-17-24(48)19(43)13(4-37)56-31(17)60-28-26(50)21(45)15(6-39)58-33(28)53-8-11-3-12(23(47)30(52)54-11)55-34-29(27(51)22(46)16(7-40)59-34)61-32-18(36-10(2)42)25(49)20(44)14(5-38)57-32/h11-34,37-40,43-52H,3-8H2,1-2H3,(H,35,41)(H,36,42)/t11-,12-,13+,14+,15+,16+,17+,18+,19+,20+,21+,22+,23-,24+,25+,26-,27-,28-,29-,30+,31-,32-,33-,34-/m0/s1. The van der Waals surface area contributed by atoms with Crippen LogP contribution in [0.3, 0.4) is 0 Å². The van der Waals surface area contributed by atoms with E-state index in [0.29, 0.717) is 0 Å². The molecule has 0 unspecified atom stereocenters. The molecule has 2 amide bonds. The van der Waals surface area contributed by atoms with E-state index in [2.05, 4.69) is 10.6 Å². The molecule has 0 aliphatic carbocycles. The third-order valence-electron chi connectivity index (χ3n) is 11.0. The first-order valence-corrected chi connectivity index (χ1v) is 19.5. The summed E-state index contributed by atoms with van der Waals surface area (Å²) in [5.41, 5.74) is 0.